The van der Waals surface area contributed by atoms with E-state index in [1.165, 1.54) is 22.4 Å². The van der Waals surface area contributed by atoms with Gasteiger partial charge in [-0.05, 0) is 55.0 Å². The van der Waals surface area contributed by atoms with Crippen molar-refractivity contribution in [3.05, 3.63) is 77.5 Å². The number of aryl methyl sites for hydroxylation is 3. The fourth-order valence-corrected chi connectivity index (χ4v) is 5.33. The average Bonchev–Trinajstić information content (AvgIpc) is 3.33. The fraction of sp³-hybridized carbons (Fsp3) is 0.258. The third kappa shape index (κ3) is 3.14. The lowest BCUT2D eigenvalue weighted by atomic mass is 9.86. The Kier molecular flexibility index (Phi) is 4.44. The first kappa shape index (κ1) is 21.0. The summed E-state index contributed by atoms with van der Waals surface area (Å²) in [6.45, 7) is 11.3. The van der Waals surface area contributed by atoms with Crippen LogP contribution in [0.5, 0.6) is 0 Å². The van der Waals surface area contributed by atoms with E-state index in [0.29, 0.717) is 0 Å². The molecule has 0 saturated carbocycles. The van der Waals surface area contributed by atoms with E-state index in [9.17, 15) is 0 Å². The summed E-state index contributed by atoms with van der Waals surface area (Å²) in [4.78, 5) is 0. The molecule has 0 radical (unpaired) electrons. The molecule has 3 nitrogen and oxygen atoms in total. The van der Waals surface area contributed by atoms with Gasteiger partial charge in [-0.2, -0.15) is 0 Å². The average molecular weight is 449 g/mol. The van der Waals surface area contributed by atoms with Crippen LogP contribution in [0, 0.1) is 19.3 Å². The highest BCUT2D eigenvalue weighted by Gasteiger charge is 2.25. The molecule has 3 heteroatoms. The molecule has 34 heavy (non-hydrogen) atoms. The van der Waals surface area contributed by atoms with Gasteiger partial charge in [-0.15, -0.1) is 0 Å². The second kappa shape index (κ2) is 7.20. The number of fused-ring (bicyclic) bond motifs is 7. The second-order valence-electron chi connectivity index (χ2n) is 10.9. The lowest BCUT2D eigenvalue weighted by Crippen LogP contribution is -2.32. The molecule has 170 valence electrons. The smallest absolute Gasteiger partial charge is 0.216 e. The van der Waals surface area contributed by atoms with Crippen molar-refractivity contribution in [1.29, 1.82) is 0 Å². The molecule has 0 aliphatic rings. The number of hydrogen-bond donors (Lipinski definition) is 0. The van der Waals surface area contributed by atoms with E-state index in [2.05, 4.69) is 88.8 Å². The molecule has 6 rings (SSSR count). The first-order valence-corrected chi connectivity index (χ1v) is 12.0. The van der Waals surface area contributed by atoms with Crippen molar-refractivity contribution >= 4 is 43.9 Å². The summed E-state index contributed by atoms with van der Waals surface area (Å²) in [7, 11) is 2.13. The molecule has 0 aliphatic carbocycles. The Hall–Kier alpha value is -3.59. The Morgan fingerprint density at radius 2 is 1.38 bits per heavy atom. The van der Waals surface area contributed by atoms with Gasteiger partial charge in [0.1, 0.15) is 18.2 Å². The molecule has 0 aliphatic heterocycles. The maximum atomic E-state index is 6.68. The summed E-state index contributed by atoms with van der Waals surface area (Å²) in [5, 5.41) is 4.42. The number of furan rings is 2. The van der Waals surface area contributed by atoms with E-state index in [1.54, 1.807) is 0 Å². The van der Waals surface area contributed by atoms with Gasteiger partial charge in [0.25, 0.3) is 0 Å². The molecule has 6 aromatic rings. The lowest BCUT2D eigenvalue weighted by Gasteiger charge is -2.19. The molecule has 0 spiro atoms. The summed E-state index contributed by atoms with van der Waals surface area (Å²) < 4.78 is 15.2. The lowest BCUT2D eigenvalue weighted by molar-refractivity contribution is -0.660. The number of pyridine rings is 1. The maximum absolute atomic E-state index is 6.68. The zero-order chi connectivity index (χ0) is 23.8. The highest BCUT2D eigenvalue weighted by Crippen LogP contribution is 2.42. The Balaban J connectivity index is 1.67. The van der Waals surface area contributed by atoms with Crippen LogP contribution >= 0.6 is 0 Å². The molecule has 3 aromatic heterocycles. The summed E-state index contributed by atoms with van der Waals surface area (Å²) in [6.07, 6.45) is 3.27. The summed E-state index contributed by atoms with van der Waals surface area (Å²) in [6, 6.07) is 19.2. The summed E-state index contributed by atoms with van der Waals surface area (Å²) >= 11 is 0. The minimum atomic E-state index is 0.218. The first-order valence-electron chi connectivity index (χ1n) is 12.0. The monoisotopic (exact) mass is 448 g/mol. The van der Waals surface area contributed by atoms with Crippen molar-refractivity contribution in [2.75, 3.05) is 0 Å². The van der Waals surface area contributed by atoms with E-state index in [4.69, 9.17) is 8.83 Å². The van der Waals surface area contributed by atoms with E-state index in [1.807, 2.05) is 18.2 Å². The van der Waals surface area contributed by atoms with Crippen LogP contribution in [0.1, 0.15) is 37.5 Å². The Bertz CT molecular complexity index is 1740. The third-order valence-corrected chi connectivity index (χ3v) is 6.92. The highest BCUT2D eigenvalue weighted by molar-refractivity contribution is 6.20. The van der Waals surface area contributed by atoms with Crippen LogP contribution in [0.2, 0.25) is 0 Å². The largest absolute Gasteiger partial charge is 0.452 e. The number of nitrogens with zero attached hydrogens (tertiary/aromatic N) is 1. The van der Waals surface area contributed by atoms with Crippen LogP contribution in [0.3, 0.4) is 0 Å². The Labute approximate surface area is 199 Å². The van der Waals surface area contributed by atoms with Crippen molar-refractivity contribution in [2.45, 2.75) is 41.0 Å². The van der Waals surface area contributed by atoms with E-state index in [-0.39, 0.29) is 5.41 Å². The standard InChI is InChI=1S/C31H30NO2/c1-18-11-12-23-24-14-13-22-21-9-7-8-10-26(21)33-29(22)30(24)34-28(23)27(18)25-15-20(16-31(3,4)5)19(2)17-32(25)6/h7-15,17H,16H2,1-6H3/q+1. The molecule has 0 fully saturated rings. The molecule has 0 amide bonds. The van der Waals surface area contributed by atoms with E-state index >= 15 is 0 Å². The SMILES string of the molecule is Cc1c[n+](C)c(-c2c(C)ccc3c2oc2c3ccc3c4ccccc4oc32)cc1CC(C)(C)C. The van der Waals surface area contributed by atoms with Crippen LogP contribution in [-0.2, 0) is 13.5 Å². The Morgan fingerprint density at radius 3 is 2.15 bits per heavy atom. The van der Waals surface area contributed by atoms with Crippen LogP contribution in [0.15, 0.2) is 69.6 Å². The number of rotatable bonds is 2. The molecule has 0 N–H and O–H groups in total. The van der Waals surface area contributed by atoms with E-state index < -0.39 is 0 Å². The van der Waals surface area contributed by atoms with Gasteiger partial charge in [-0.25, -0.2) is 4.57 Å². The van der Waals surface area contributed by atoms with Crippen LogP contribution < -0.4 is 4.57 Å². The zero-order valence-electron chi connectivity index (χ0n) is 20.7. The summed E-state index contributed by atoms with van der Waals surface area (Å²) in [5.41, 5.74) is 9.89. The predicted octanol–water partition coefficient (Wildman–Crippen LogP) is 8.18. The fourth-order valence-electron chi connectivity index (χ4n) is 5.33. The van der Waals surface area contributed by atoms with Crippen molar-refractivity contribution < 1.29 is 13.4 Å². The minimum Gasteiger partial charge on any atom is -0.452 e. The van der Waals surface area contributed by atoms with Gasteiger partial charge in [-0.1, -0.05) is 51.1 Å². The van der Waals surface area contributed by atoms with Gasteiger partial charge in [0.05, 0.1) is 5.56 Å². The molecule has 0 unspecified atom stereocenters. The highest BCUT2D eigenvalue weighted by atomic mass is 16.4. The number of aromatic nitrogens is 1. The van der Waals surface area contributed by atoms with Crippen molar-refractivity contribution in [2.24, 2.45) is 12.5 Å². The topological polar surface area (TPSA) is 30.2 Å². The maximum Gasteiger partial charge on any atom is 0.216 e. The predicted molar refractivity (Wildman–Crippen MR) is 140 cm³/mol. The van der Waals surface area contributed by atoms with Gasteiger partial charge in [-0.3, -0.25) is 0 Å². The van der Waals surface area contributed by atoms with Gasteiger partial charge < -0.3 is 8.83 Å². The summed E-state index contributed by atoms with van der Waals surface area (Å²) in [5.74, 6) is 0. The first-order chi connectivity index (χ1) is 16.2. The van der Waals surface area contributed by atoms with Crippen LogP contribution in [0.4, 0.5) is 0 Å². The minimum absolute atomic E-state index is 0.218. The number of para-hydroxylation sites is 1. The molecule has 0 atom stereocenters. The van der Waals surface area contributed by atoms with Gasteiger partial charge in [0, 0.05) is 33.2 Å². The van der Waals surface area contributed by atoms with Crippen molar-refractivity contribution in [3.63, 3.8) is 0 Å². The Morgan fingerprint density at radius 1 is 0.735 bits per heavy atom. The van der Waals surface area contributed by atoms with Gasteiger partial charge in [0.2, 0.25) is 5.69 Å². The number of benzene rings is 3. The molecule has 0 saturated heterocycles. The second-order valence-corrected chi connectivity index (χ2v) is 10.9. The molecule has 0 bridgehead atoms. The molecule has 3 heterocycles. The molecule has 3 aromatic carbocycles. The van der Waals surface area contributed by atoms with Crippen molar-refractivity contribution in [3.8, 4) is 11.3 Å². The van der Waals surface area contributed by atoms with Crippen LogP contribution in [0.25, 0.3) is 55.1 Å². The van der Waals surface area contributed by atoms with Gasteiger partial charge in [0.15, 0.2) is 17.4 Å². The van der Waals surface area contributed by atoms with Crippen molar-refractivity contribution in [1.82, 2.24) is 0 Å². The zero-order valence-corrected chi connectivity index (χ0v) is 20.7. The third-order valence-electron chi connectivity index (χ3n) is 6.92. The number of hydrogen-bond acceptors (Lipinski definition) is 2. The molecular weight excluding hydrogens is 418 g/mol. The van der Waals surface area contributed by atoms with Gasteiger partial charge >= 0.3 is 0 Å². The van der Waals surface area contributed by atoms with Crippen LogP contribution in [-0.4, -0.2) is 0 Å². The quantitative estimate of drug-likeness (QED) is 0.250. The molecular formula is C31H30NO2+. The normalized spacial score (nSPS) is 12.5. The van der Waals surface area contributed by atoms with E-state index in [0.717, 1.165) is 55.9 Å².